The van der Waals surface area contributed by atoms with E-state index >= 15 is 0 Å². The van der Waals surface area contributed by atoms with Crippen molar-refractivity contribution in [1.82, 2.24) is 4.90 Å². The fourth-order valence-electron chi connectivity index (χ4n) is 4.78. The average molecular weight is 420 g/mol. The van der Waals surface area contributed by atoms with Gasteiger partial charge in [0, 0.05) is 49.5 Å². The van der Waals surface area contributed by atoms with Gasteiger partial charge < -0.3 is 15.1 Å². The van der Waals surface area contributed by atoms with Gasteiger partial charge in [0.25, 0.3) is 5.91 Å². The predicted molar refractivity (Wildman–Crippen MR) is 126 cm³/mol. The Labute approximate surface area is 185 Å². The van der Waals surface area contributed by atoms with E-state index in [1.807, 2.05) is 60.4 Å². The molecule has 1 aliphatic carbocycles. The highest BCUT2D eigenvalue weighted by Crippen LogP contribution is 2.29. The summed E-state index contributed by atoms with van der Waals surface area (Å²) in [5, 5.41) is 2.98. The second kappa shape index (κ2) is 9.99. The highest BCUT2D eigenvalue weighted by Gasteiger charge is 2.23. The number of carbonyl (C=O) groups excluding carboxylic acids is 2. The number of rotatable bonds is 6. The van der Waals surface area contributed by atoms with Gasteiger partial charge >= 0.3 is 0 Å². The first kappa shape index (κ1) is 21.4. The number of carbonyl (C=O) groups is 2. The van der Waals surface area contributed by atoms with E-state index in [0.717, 1.165) is 55.5 Å². The van der Waals surface area contributed by atoms with Gasteiger partial charge in [0.2, 0.25) is 5.91 Å². The van der Waals surface area contributed by atoms with Crippen molar-refractivity contribution in [2.24, 2.45) is 5.92 Å². The lowest BCUT2D eigenvalue weighted by atomic mass is 10.0. The van der Waals surface area contributed by atoms with E-state index in [9.17, 15) is 9.59 Å². The first-order valence-corrected chi connectivity index (χ1v) is 11.6. The molecule has 1 aliphatic heterocycles. The highest BCUT2D eigenvalue weighted by molar-refractivity contribution is 6.05. The molecule has 0 unspecified atom stereocenters. The molecule has 0 atom stereocenters. The molecule has 0 radical (unpaired) electrons. The minimum Gasteiger partial charge on any atom is -0.368 e. The monoisotopic (exact) mass is 419 g/mol. The van der Waals surface area contributed by atoms with Gasteiger partial charge in [-0.3, -0.25) is 9.59 Å². The summed E-state index contributed by atoms with van der Waals surface area (Å²) < 4.78 is 0. The molecule has 2 aromatic rings. The Bertz CT molecular complexity index is 895. The standard InChI is InChI=1S/C26H33N3O2/c1-20-6-2-5-9-24(20)26(31)27-22-11-13-23(14-12-22)28-16-18-29(19-17-28)25(30)15-10-21-7-3-4-8-21/h2,5-6,9,11-14,21H,3-4,7-8,10,15-19H2,1H3,(H,27,31). The number of aryl methyl sites for hydroxylation is 1. The molecular formula is C26H33N3O2. The van der Waals surface area contributed by atoms with E-state index in [1.165, 1.54) is 25.7 Å². The van der Waals surface area contributed by atoms with Crippen LogP contribution < -0.4 is 10.2 Å². The topological polar surface area (TPSA) is 52.7 Å². The summed E-state index contributed by atoms with van der Waals surface area (Å²) in [5.74, 6) is 1.01. The SMILES string of the molecule is Cc1ccccc1C(=O)Nc1ccc(N2CCN(C(=O)CCC3CCCC3)CC2)cc1. The number of hydrogen-bond acceptors (Lipinski definition) is 3. The third-order valence-electron chi connectivity index (χ3n) is 6.75. The van der Waals surface area contributed by atoms with Crippen molar-refractivity contribution < 1.29 is 9.59 Å². The lowest BCUT2D eigenvalue weighted by Crippen LogP contribution is -2.48. The van der Waals surface area contributed by atoms with Crippen LogP contribution in [0.5, 0.6) is 0 Å². The molecule has 2 aromatic carbocycles. The van der Waals surface area contributed by atoms with Crippen LogP contribution in [0, 0.1) is 12.8 Å². The number of benzene rings is 2. The van der Waals surface area contributed by atoms with E-state index in [1.54, 1.807) is 0 Å². The predicted octanol–water partition coefficient (Wildman–Crippen LogP) is 4.87. The van der Waals surface area contributed by atoms with E-state index in [-0.39, 0.29) is 5.91 Å². The Hall–Kier alpha value is -2.82. The Kier molecular flexibility index (Phi) is 6.90. The van der Waals surface area contributed by atoms with Crippen molar-refractivity contribution in [3.05, 3.63) is 59.7 Å². The molecule has 1 heterocycles. The Morgan fingerprint density at radius 2 is 1.61 bits per heavy atom. The molecule has 164 valence electrons. The van der Waals surface area contributed by atoms with Crippen molar-refractivity contribution >= 4 is 23.2 Å². The first-order chi connectivity index (χ1) is 15.1. The molecule has 0 aromatic heterocycles. The molecule has 31 heavy (non-hydrogen) atoms. The largest absolute Gasteiger partial charge is 0.368 e. The van der Waals surface area contributed by atoms with Gasteiger partial charge in [0.05, 0.1) is 0 Å². The van der Waals surface area contributed by atoms with Gasteiger partial charge in [-0.15, -0.1) is 0 Å². The minimum absolute atomic E-state index is 0.0874. The minimum atomic E-state index is -0.0874. The van der Waals surface area contributed by atoms with Crippen molar-refractivity contribution in [3.8, 4) is 0 Å². The number of piperazine rings is 1. The van der Waals surface area contributed by atoms with Crippen molar-refractivity contribution in [2.45, 2.75) is 45.4 Å². The van der Waals surface area contributed by atoms with Crippen LogP contribution in [-0.2, 0) is 4.79 Å². The lowest BCUT2D eigenvalue weighted by molar-refractivity contribution is -0.131. The molecule has 1 saturated heterocycles. The second-order valence-corrected chi connectivity index (χ2v) is 8.87. The zero-order valence-corrected chi connectivity index (χ0v) is 18.5. The molecular weight excluding hydrogens is 386 g/mol. The lowest BCUT2D eigenvalue weighted by Gasteiger charge is -2.36. The maximum atomic E-state index is 12.6. The summed E-state index contributed by atoms with van der Waals surface area (Å²) in [4.78, 5) is 29.4. The zero-order valence-electron chi connectivity index (χ0n) is 18.5. The van der Waals surface area contributed by atoms with Crippen LogP contribution in [-0.4, -0.2) is 42.9 Å². The fourth-order valence-corrected chi connectivity index (χ4v) is 4.78. The Morgan fingerprint density at radius 1 is 0.935 bits per heavy atom. The van der Waals surface area contributed by atoms with Gasteiger partial charge in [-0.1, -0.05) is 43.9 Å². The van der Waals surface area contributed by atoms with Crippen molar-refractivity contribution in [1.29, 1.82) is 0 Å². The van der Waals surface area contributed by atoms with E-state index < -0.39 is 0 Å². The quantitative estimate of drug-likeness (QED) is 0.727. The smallest absolute Gasteiger partial charge is 0.255 e. The van der Waals surface area contributed by atoms with Crippen LogP contribution in [0.1, 0.15) is 54.4 Å². The summed E-state index contributed by atoms with van der Waals surface area (Å²) in [5.41, 5.74) is 3.58. The number of hydrogen-bond donors (Lipinski definition) is 1. The van der Waals surface area contributed by atoms with Crippen molar-refractivity contribution in [2.75, 3.05) is 36.4 Å². The van der Waals surface area contributed by atoms with Gasteiger partial charge in [-0.25, -0.2) is 0 Å². The third-order valence-corrected chi connectivity index (χ3v) is 6.75. The third kappa shape index (κ3) is 5.46. The number of amides is 2. The molecule has 4 rings (SSSR count). The number of nitrogens with zero attached hydrogens (tertiary/aromatic N) is 2. The second-order valence-electron chi connectivity index (χ2n) is 8.87. The molecule has 0 bridgehead atoms. The highest BCUT2D eigenvalue weighted by atomic mass is 16.2. The Balaban J connectivity index is 1.26. The van der Waals surface area contributed by atoms with Gasteiger partial charge in [-0.05, 0) is 55.2 Å². The fraction of sp³-hybridized carbons (Fsp3) is 0.462. The van der Waals surface area contributed by atoms with Crippen LogP contribution in [0.15, 0.2) is 48.5 Å². The van der Waals surface area contributed by atoms with Crippen LogP contribution in [0.2, 0.25) is 0 Å². The summed E-state index contributed by atoms with van der Waals surface area (Å²) in [6.45, 7) is 5.22. The van der Waals surface area contributed by atoms with E-state index in [2.05, 4.69) is 10.2 Å². The van der Waals surface area contributed by atoms with Crippen LogP contribution in [0.25, 0.3) is 0 Å². The molecule has 1 N–H and O–H groups in total. The summed E-state index contributed by atoms with van der Waals surface area (Å²) in [6.07, 6.45) is 7.07. The van der Waals surface area contributed by atoms with Gasteiger partial charge in [0.1, 0.15) is 0 Å². The maximum Gasteiger partial charge on any atom is 0.255 e. The van der Waals surface area contributed by atoms with Gasteiger partial charge in [-0.2, -0.15) is 0 Å². The first-order valence-electron chi connectivity index (χ1n) is 11.6. The molecule has 1 saturated carbocycles. The molecule has 5 nitrogen and oxygen atoms in total. The van der Waals surface area contributed by atoms with E-state index in [0.29, 0.717) is 17.9 Å². The Morgan fingerprint density at radius 3 is 2.29 bits per heavy atom. The van der Waals surface area contributed by atoms with Crippen LogP contribution >= 0.6 is 0 Å². The summed E-state index contributed by atoms with van der Waals surface area (Å²) in [7, 11) is 0. The van der Waals surface area contributed by atoms with Crippen molar-refractivity contribution in [3.63, 3.8) is 0 Å². The summed E-state index contributed by atoms with van der Waals surface area (Å²) in [6, 6.07) is 15.6. The average Bonchev–Trinajstić information content (AvgIpc) is 3.32. The van der Waals surface area contributed by atoms with Crippen LogP contribution in [0.3, 0.4) is 0 Å². The zero-order chi connectivity index (χ0) is 21.6. The molecule has 2 fully saturated rings. The molecule has 2 amide bonds. The normalized spacial score (nSPS) is 17.1. The number of nitrogens with one attached hydrogen (secondary N) is 1. The summed E-state index contributed by atoms with van der Waals surface area (Å²) >= 11 is 0. The molecule has 5 heteroatoms. The van der Waals surface area contributed by atoms with E-state index in [4.69, 9.17) is 0 Å². The number of anilines is 2. The molecule has 2 aliphatic rings. The van der Waals surface area contributed by atoms with Gasteiger partial charge in [0.15, 0.2) is 0 Å². The van der Waals surface area contributed by atoms with Crippen LogP contribution in [0.4, 0.5) is 11.4 Å². The maximum absolute atomic E-state index is 12.6. The molecule has 0 spiro atoms.